The molecule has 0 unspecified atom stereocenters. The summed E-state index contributed by atoms with van der Waals surface area (Å²) < 4.78 is 15.2. The first-order valence-corrected chi connectivity index (χ1v) is 6.69. The summed E-state index contributed by atoms with van der Waals surface area (Å²) in [5.41, 5.74) is 0.223. The van der Waals surface area contributed by atoms with Crippen molar-refractivity contribution in [3.8, 4) is 11.5 Å². The van der Waals surface area contributed by atoms with Crippen molar-refractivity contribution in [3.63, 3.8) is 0 Å². The van der Waals surface area contributed by atoms with E-state index >= 15 is 0 Å². The molecule has 0 N–H and O–H groups in total. The van der Waals surface area contributed by atoms with E-state index in [0.29, 0.717) is 0 Å². The molecular weight excluding hydrogens is 302 g/mol. The van der Waals surface area contributed by atoms with Gasteiger partial charge in [0.15, 0.2) is 5.75 Å². The normalized spacial score (nSPS) is 10.0. The second kappa shape index (κ2) is 7.26. The minimum Gasteiger partial charge on any atom is -0.488 e. The van der Waals surface area contributed by atoms with Gasteiger partial charge in [0.05, 0.1) is 19.1 Å². The SMILES string of the molecule is COC(=O)c1ccc(OCc2ccccc2)c(OC)c1[N+](=O)[O-]. The van der Waals surface area contributed by atoms with Crippen LogP contribution in [0.5, 0.6) is 11.5 Å². The molecule has 0 aliphatic carbocycles. The first-order valence-electron chi connectivity index (χ1n) is 6.69. The molecule has 0 amide bonds. The zero-order chi connectivity index (χ0) is 16.8. The van der Waals surface area contributed by atoms with Crippen molar-refractivity contribution in [1.82, 2.24) is 0 Å². The maximum Gasteiger partial charge on any atom is 0.345 e. The zero-order valence-corrected chi connectivity index (χ0v) is 12.6. The van der Waals surface area contributed by atoms with Gasteiger partial charge in [0.2, 0.25) is 5.75 Å². The number of ether oxygens (including phenoxy) is 3. The standard InChI is InChI=1S/C16H15NO6/c1-21-15-13(23-10-11-6-4-3-5-7-11)9-8-12(16(18)22-2)14(15)17(19)20/h3-9H,10H2,1-2H3. The molecule has 0 fully saturated rings. The first-order chi connectivity index (χ1) is 11.1. The molecule has 2 aromatic carbocycles. The van der Waals surface area contributed by atoms with Crippen LogP contribution >= 0.6 is 0 Å². The Hall–Kier alpha value is -3.09. The van der Waals surface area contributed by atoms with Crippen LogP contribution < -0.4 is 9.47 Å². The van der Waals surface area contributed by atoms with Gasteiger partial charge in [-0.25, -0.2) is 4.79 Å². The summed E-state index contributed by atoms with van der Waals surface area (Å²) in [5, 5.41) is 11.3. The number of methoxy groups -OCH3 is 2. The number of esters is 1. The maximum absolute atomic E-state index is 11.7. The molecule has 120 valence electrons. The molecule has 0 atom stereocenters. The molecule has 23 heavy (non-hydrogen) atoms. The minimum absolute atomic E-state index is 0.117. The quantitative estimate of drug-likeness (QED) is 0.462. The molecule has 0 aromatic heterocycles. The summed E-state index contributed by atoms with van der Waals surface area (Å²) in [4.78, 5) is 22.3. The van der Waals surface area contributed by atoms with Gasteiger partial charge in [0.25, 0.3) is 0 Å². The molecule has 0 bridgehead atoms. The van der Waals surface area contributed by atoms with E-state index in [1.54, 1.807) is 0 Å². The van der Waals surface area contributed by atoms with E-state index in [1.807, 2.05) is 30.3 Å². The molecule has 0 saturated carbocycles. The van der Waals surface area contributed by atoms with Gasteiger partial charge in [-0.1, -0.05) is 30.3 Å². The average Bonchev–Trinajstić information content (AvgIpc) is 2.59. The Morgan fingerprint density at radius 3 is 2.39 bits per heavy atom. The number of carbonyl (C=O) groups excluding carboxylic acids is 1. The average molecular weight is 317 g/mol. The van der Waals surface area contributed by atoms with Gasteiger partial charge in [-0.05, 0) is 17.7 Å². The van der Waals surface area contributed by atoms with E-state index in [0.717, 1.165) is 12.7 Å². The lowest BCUT2D eigenvalue weighted by molar-refractivity contribution is -0.386. The zero-order valence-electron chi connectivity index (χ0n) is 12.6. The third kappa shape index (κ3) is 3.57. The van der Waals surface area contributed by atoms with Gasteiger partial charge < -0.3 is 14.2 Å². The van der Waals surface area contributed by atoms with E-state index in [-0.39, 0.29) is 23.7 Å². The van der Waals surface area contributed by atoms with Crippen LogP contribution in [-0.4, -0.2) is 25.1 Å². The van der Waals surface area contributed by atoms with Gasteiger partial charge >= 0.3 is 11.7 Å². The van der Waals surface area contributed by atoms with Gasteiger partial charge in [-0.3, -0.25) is 10.1 Å². The molecule has 7 heteroatoms. The number of nitro groups is 1. The second-order valence-electron chi connectivity index (χ2n) is 4.52. The number of rotatable bonds is 6. The third-order valence-electron chi connectivity index (χ3n) is 3.12. The number of nitrogens with zero attached hydrogens (tertiary/aromatic N) is 1. The highest BCUT2D eigenvalue weighted by Gasteiger charge is 2.29. The number of hydrogen-bond donors (Lipinski definition) is 0. The monoisotopic (exact) mass is 317 g/mol. The van der Waals surface area contributed by atoms with Crippen molar-refractivity contribution in [2.24, 2.45) is 0 Å². The molecular formula is C16H15NO6. The first kappa shape index (κ1) is 16.3. The topological polar surface area (TPSA) is 87.9 Å². The summed E-state index contributed by atoms with van der Waals surface area (Å²) in [5.74, 6) is -0.755. The van der Waals surface area contributed by atoms with Crippen molar-refractivity contribution in [3.05, 3.63) is 63.7 Å². The fourth-order valence-corrected chi connectivity index (χ4v) is 2.05. The van der Waals surface area contributed by atoms with Gasteiger partial charge in [0, 0.05) is 0 Å². The van der Waals surface area contributed by atoms with Crippen molar-refractivity contribution in [1.29, 1.82) is 0 Å². The van der Waals surface area contributed by atoms with Gasteiger partial charge in [0.1, 0.15) is 12.2 Å². The van der Waals surface area contributed by atoms with Crippen molar-refractivity contribution in [2.45, 2.75) is 6.61 Å². The summed E-state index contributed by atoms with van der Waals surface area (Å²) in [7, 11) is 2.43. The van der Waals surface area contributed by atoms with Crippen molar-refractivity contribution < 1.29 is 23.9 Å². The Morgan fingerprint density at radius 1 is 1.13 bits per heavy atom. The number of carbonyl (C=O) groups is 1. The van der Waals surface area contributed by atoms with Crippen LogP contribution in [0, 0.1) is 10.1 Å². The summed E-state index contributed by atoms with van der Waals surface area (Å²) >= 11 is 0. The molecule has 0 aliphatic heterocycles. The lowest BCUT2D eigenvalue weighted by Crippen LogP contribution is -2.08. The highest BCUT2D eigenvalue weighted by atomic mass is 16.6. The maximum atomic E-state index is 11.7. The van der Waals surface area contributed by atoms with Crippen molar-refractivity contribution >= 4 is 11.7 Å². The fourth-order valence-electron chi connectivity index (χ4n) is 2.05. The molecule has 2 aromatic rings. The predicted molar refractivity (Wildman–Crippen MR) is 81.8 cm³/mol. The highest BCUT2D eigenvalue weighted by Crippen LogP contribution is 2.40. The van der Waals surface area contributed by atoms with Crippen LogP contribution in [0.2, 0.25) is 0 Å². The minimum atomic E-state index is -0.815. The van der Waals surface area contributed by atoms with Crippen LogP contribution in [0.3, 0.4) is 0 Å². The molecule has 7 nitrogen and oxygen atoms in total. The third-order valence-corrected chi connectivity index (χ3v) is 3.12. The summed E-state index contributed by atoms with van der Waals surface area (Å²) in [6.07, 6.45) is 0. The Balaban J connectivity index is 2.39. The smallest absolute Gasteiger partial charge is 0.345 e. The molecule has 0 heterocycles. The van der Waals surface area contributed by atoms with Crippen molar-refractivity contribution in [2.75, 3.05) is 14.2 Å². The van der Waals surface area contributed by atoms with Crippen LogP contribution in [-0.2, 0) is 11.3 Å². The second-order valence-corrected chi connectivity index (χ2v) is 4.52. The molecule has 0 radical (unpaired) electrons. The Kier molecular flexibility index (Phi) is 5.14. The molecule has 0 spiro atoms. The lowest BCUT2D eigenvalue weighted by atomic mass is 10.1. The van der Waals surface area contributed by atoms with Crippen LogP contribution in [0.1, 0.15) is 15.9 Å². The number of hydrogen-bond acceptors (Lipinski definition) is 6. The van der Waals surface area contributed by atoms with E-state index in [9.17, 15) is 14.9 Å². The van der Waals surface area contributed by atoms with Crippen LogP contribution in [0.25, 0.3) is 0 Å². The Morgan fingerprint density at radius 2 is 1.83 bits per heavy atom. The lowest BCUT2D eigenvalue weighted by Gasteiger charge is -2.12. The fraction of sp³-hybridized carbons (Fsp3) is 0.188. The number of nitro benzene ring substituents is 1. The van der Waals surface area contributed by atoms with E-state index in [2.05, 4.69) is 4.74 Å². The summed E-state index contributed by atoms with van der Waals surface area (Å²) in [6.45, 7) is 0.214. The Bertz CT molecular complexity index is 714. The van der Waals surface area contributed by atoms with Gasteiger partial charge in [-0.15, -0.1) is 0 Å². The Labute approximate surface area is 132 Å². The number of benzene rings is 2. The van der Waals surface area contributed by atoms with E-state index in [1.165, 1.54) is 19.2 Å². The predicted octanol–water partition coefficient (Wildman–Crippen LogP) is 2.97. The molecule has 0 saturated heterocycles. The van der Waals surface area contributed by atoms with E-state index < -0.39 is 16.6 Å². The van der Waals surface area contributed by atoms with Crippen LogP contribution in [0.4, 0.5) is 5.69 Å². The van der Waals surface area contributed by atoms with E-state index in [4.69, 9.17) is 9.47 Å². The van der Waals surface area contributed by atoms with Crippen LogP contribution in [0.15, 0.2) is 42.5 Å². The van der Waals surface area contributed by atoms with Gasteiger partial charge in [-0.2, -0.15) is 0 Å². The largest absolute Gasteiger partial charge is 0.488 e. The summed E-state index contributed by atoms with van der Waals surface area (Å²) in [6, 6.07) is 12.1. The molecule has 0 aliphatic rings. The molecule has 2 rings (SSSR count). The highest BCUT2D eigenvalue weighted by molar-refractivity contribution is 5.95.